The van der Waals surface area contributed by atoms with E-state index in [-0.39, 0.29) is 0 Å². The molecule has 0 aliphatic heterocycles. The number of allylic oxidation sites excluding steroid dienone is 4. The van der Waals surface area contributed by atoms with Crippen molar-refractivity contribution in [3.63, 3.8) is 0 Å². The lowest BCUT2D eigenvalue weighted by Gasteiger charge is -1.89. The summed E-state index contributed by atoms with van der Waals surface area (Å²) in [5, 5.41) is 0. The van der Waals surface area contributed by atoms with E-state index in [2.05, 4.69) is 5.73 Å². The Morgan fingerprint density at radius 2 is 2.20 bits per heavy atom. The fourth-order valence-corrected chi connectivity index (χ4v) is 0.717. The number of hydrogen-bond donors (Lipinski definition) is 1. The third kappa shape index (κ3) is 2.02. The van der Waals surface area contributed by atoms with Crippen molar-refractivity contribution >= 4 is 17.1 Å². The van der Waals surface area contributed by atoms with E-state index in [4.69, 9.17) is 18.0 Å². The summed E-state index contributed by atoms with van der Waals surface area (Å²) in [6, 6.07) is 0. The summed E-state index contributed by atoms with van der Waals surface area (Å²) in [6.07, 6.45) is 8.82. The Labute approximate surface area is 65.2 Å². The Bertz CT molecular complexity index is 263. The molecule has 0 fully saturated rings. The monoisotopic (exact) mass is 149 g/mol. The molecule has 0 saturated carbocycles. The van der Waals surface area contributed by atoms with E-state index in [1.807, 2.05) is 12.2 Å². The van der Waals surface area contributed by atoms with Crippen LogP contribution in [0.25, 0.3) is 0 Å². The fourth-order valence-electron chi connectivity index (χ4n) is 0.570. The van der Waals surface area contributed by atoms with E-state index in [0.29, 0.717) is 5.70 Å². The Balaban J connectivity index is 2.96. The first-order valence-corrected chi connectivity index (χ1v) is 3.30. The average Bonchev–Trinajstić information content (AvgIpc) is 1.84. The van der Waals surface area contributed by atoms with Crippen molar-refractivity contribution in [2.24, 2.45) is 5.73 Å². The Morgan fingerprint density at radius 1 is 1.40 bits per heavy atom. The van der Waals surface area contributed by atoms with Gasteiger partial charge in [0.05, 0.1) is 0 Å². The van der Waals surface area contributed by atoms with Gasteiger partial charge < -0.3 is 5.73 Å². The molecule has 0 aromatic heterocycles. The first kappa shape index (κ1) is 7.00. The Morgan fingerprint density at radius 3 is 3.00 bits per heavy atom. The maximum Gasteiger partial charge on any atom is 0.0454 e. The molecule has 2 N–H and O–H groups in total. The molecule has 2 heteroatoms. The van der Waals surface area contributed by atoms with Crippen LogP contribution in [-0.4, -0.2) is 4.86 Å². The van der Waals surface area contributed by atoms with Crippen LogP contribution in [0.5, 0.6) is 0 Å². The lowest BCUT2D eigenvalue weighted by molar-refractivity contribution is 1.43. The van der Waals surface area contributed by atoms with E-state index in [0.717, 1.165) is 4.86 Å². The second-order valence-electron chi connectivity index (χ2n) is 1.88. The molecule has 1 rings (SSSR count). The van der Waals surface area contributed by atoms with Gasteiger partial charge in [0, 0.05) is 16.6 Å². The summed E-state index contributed by atoms with van der Waals surface area (Å²) >= 11 is 4.90. The molecule has 1 aliphatic rings. The van der Waals surface area contributed by atoms with E-state index in [9.17, 15) is 0 Å². The van der Waals surface area contributed by atoms with Gasteiger partial charge in [0.15, 0.2) is 0 Å². The normalized spacial score (nSPS) is 24.8. The predicted octanol–water partition coefficient (Wildman–Crippen LogP) is 1.48. The van der Waals surface area contributed by atoms with Gasteiger partial charge in [-0.3, -0.25) is 0 Å². The summed E-state index contributed by atoms with van der Waals surface area (Å²) < 4.78 is 0. The van der Waals surface area contributed by atoms with Crippen molar-refractivity contribution in [2.45, 2.75) is 0 Å². The van der Waals surface area contributed by atoms with Crippen molar-refractivity contribution in [3.05, 3.63) is 41.8 Å². The SMILES string of the molecule is N/C1=C/C=C\C(=S)C=C=C1. The van der Waals surface area contributed by atoms with Gasteiger partial charge in [-0.1, -0.05) is 18.3 Å². The smallest absolute Gasteiger partial charge is 0.0454 e. The van der Waals surface area contributed by atoms with Crippen LogP contribution in [0.2, 0.25) is 0 Å². The van der Waals surface area contributed by atoms with E-state index < -0.39 is 0 Å². The number of rotatable bonds is 0. The molecule has 0 aromatic rings. The van der Waals surface area contributed by atoms with E-state index in [1.54, 1.807) is 18.2 Å². The molecule has 0 radical (unpaired) electrons. The predicted molar refractivity (Wildman–Crippen MR) is 46.7 cm³/mol. The molecule has 0 saturated heterocycles. The zero-order chi connectivity index (χ0) is 7.40. The van der Waals surface area contributed by atoms with Gasteiger partial charge in [-0.25, -0.2) is 0 Å². The zero-order valence-electron chi connectivity index (χ0n) is 5.37. The lowest BCUT2D eigenvalue weighted by Crippen LogP contribution is -1.92. The molecule has 1 aliphatic carbocycles. The summed E-state index contributed by atoms with van der Waals surface area (Å²) in [5.74, 6) is 0. The molecule has 0 atom stereocenters. The maximum absolute atomic E-state index is 5.48. The van der Waals surface area contributed by atoms with Crippen LogP contribution >= 0.6 is 12.2 Å². The first-order valence-electron chi connectivity index (χ1n) is 2.89. The van der Waals surface area contributed by atoms with Crippen molar-refractivity contribution in [3.8, 4) is 0 Å². The quantitative estimate of drug-likeness (QED) is 0.417. The highest BCUT2D eigenvalue weighted by Gasteiger charge is 1.83. The number of nitrogens with two attached hydrogens (primary N) is 1. The van der Waals surface area contributed by atoms with Crippen molar-refractivity contribution in [2.75, 3.05) is 0 Å². The van der Waals surface area contributed by atoms with Gasteiger partial charge in [0.1, 0.15) is 0 Å². The summed E-state index contributed by atoms with van der Waals surface area (Å²) in [7, 11) is 0. The minimum Gasteiger partial charge on any atom is -0.398 e. The third-order valence-corrected chi connectivity index (χ3v) is 1.28. The van der Waals surface area contributed by atoms with Gasteiger partial charge in [-0.2, -0.15) is 0 Å². The zero-order valence-corrected chi connectivity index (χ0v) is 6.19. The molecule has 50 valence electrons. The topological polar surface area (TPSA) is 26.0 Å². The molecule has 10 heavy (non-hydrogen) atoms. The molecule has 0 amide bonds. The Hall–Kier alpha value is -1.11. The minimum atomic E-state index is 0.690. The van der Waals surface area contributed by atoms with Crippen LogP contribution in [0.3, 0.4) is 0 Å². The van der Waals surface area contributed by atoms with Crippen LogP contribution in [0.15, 0.2) is 41.8 Å². The molecule has 0 heterocycles. The standard InChI is InChI=1S/C8H7NS/c9-7-3-1-5-8(10)6-2-4-7/h1,3-6H,9H2/b5-1-,7-3+. The van der Waals surface area contributed by atoms with Gasteiger partial charge in [0.2, 0.25) is 0 Å². The highest BCUT2D eigenvalue weighted by Crippen LogP contribution is 1.93. The fraction of sp³-hybridized carbons (Fsp3) is 0. The molecule has 1 nitrogen and oxygen atoms in total. The van der Waals surface area contributed by atoms with Gasteiger partial charge in [-0.15, -0.1) is 5.73 Å². The number of hydrogen-bond acceptors (Lipinski definition) is 2. The largest absolute Gasteiger partial charge is 0.398 e. The van der Waals surface area contributed by atoms with Crippen LogP contribution in [0.1, 0.15) is 0 Å². The maximum atomic E-state index is 5.48. The molecular weight excluding hydrogens is 142 g/mol. The molecule has 0 aromatic carbocycles. The first-order chi connectivity index (χ1) is 4.79. The second-order valence-corrected chi connectivity index (χ2v) is 2.35. The lowest BCUT2D eigenvalue weighted by atomic mass is 10.3. The second kappa shape index (κ2) is 3.16. The molecule has 0 unspecified atom stereocenters. The van der Waals surface area contributed by atoms with Gasteiger partial charge in [0.25, 0.3) is 0 Å². The van der Waals surface area contributed by atoms with Crippen LogP contribution in [-0.2, 0) is 0 Å². The van der Waals surface area contributed by atoms with Crippen molar-refractivity contribution < 1.29 is 0 Å². The summed E-state index contributed by atoms with van der Waals surface area (Å²) in [4.78, 5) is 0.764. The van der Waals surface area contributed by atoms with E-state index >= 15 is 0 Å². The third-order valence-electron chi connectivity index (χ3n) is 1.02. The van der Waals surface area contributed by atoms with Crippen LogP contribution in [0, 0.1) is 0 Å². The van der Waals surface area contributed by atoms with Crippen molar-refractivity contribution in [1.29, 1.82) is 0 Å². The molecular formula is C8H7NS. The highest BCUT2D eigenvalue weighted by atomic mass is 32.1. The van der Waals surface area contributed by atoms with Gasteiger partial charge >= 0.3 is 0 Å². The average molecular weight is 149 g/mol. The minimum absolute atomic E-state index is 0.690. The molecule has 0 spiro atoms. The summed E-state index contributed by atoms with van der Waals surface area (Å²) in [6.45, 7) is 0. The van der Waals surface area contributed by atoms with Gasteiger partial charge in [-0.05, 0) is 18.2 Å². The van der Waals surface area contributed by atoms with Crippen LogP contribution < -0.4 is 5.73 Å². The Kier molecular flexibility index (Phi) is 2.21. The number of thiocarbonyl (C=S) groups is 1. The summed E-state index contributed by atoms with van der Waals surface area (Å²) in [5.41, 5.74) is 9.02. The van der Waals surface area contributed by atoms with E-state index in [1.165, 1.54) is 0 Å². The van der Waals surface area contributed by atoms with Crippen LogP contribution in [0.4, 0.5) is 0 Å². The van der Waals surface area contributed by atoms with Crippen molar-refractivity contribution in [1.82, 2.24) is 0 Å². The highest BCUT2D eigenvalue weighted by molar-refractivity contribution is 7.81. The molecule has 0 bridgehead atoms.